The summed E-state index contributed by atoms with van der Waals surface area (Å²) < 4.78 is 13.6. The molecule has 1 nitrogen and oxygen atoms in total. The van der Waals surface area contributed by atoms with Crippen LogP contribution in [0.25, 0.3) is 6.08 Å². The SMILES string of the molecule is CC(C)NC/C=C/c1ccc(Br)c(F)c1. The monoisotopic (exact) mass is 271 g/mol. The molecule has 0 aliphatic rings. The van der Waals surface area contributed by atoms with Crippen molar-refractivity contribution >= 4 is 22.0 Å². The summed E-state index contributed by atoms with van der Waals surface area (Å²) in [7, 11) is 0. The van der Waals surface area contributed by atoms with Crippen LogP contribution in [0.5, 0.6) is 0 Å². The third kappa shape index (κ3) is 4.58. The van der Waals surface area contributed by atoms with Crippen molar-refractivity contribution in [2.75, 3.05) is 6.54 Å². The lowest BCUT2D eigenvalue weighted by molar-refractivity contribution is 0.620. The fourth-order valence-electron chi connectivity index (χ4n) is 1.11. The predicted octanol–water partition coefficient (Wildman–Crippen LogP) is 3.60. The van der Waals surface area contributed by atoms with Gasteiger partial charge in [0.05, 0.1) is 4.47 Å². The van der Waals surface area contributed by atoms with Crippen LogP contribution in [0.1, 0.15) is 19.4 Å². The van der Waals surface area contributed by atoms with E-state index in [0.717, 1.165) is 12.1 Å². The second-order valence-corrected chi connectivity index (χ2v) is 4.49. The van der Waals surface area contributed by atoms with E-state index in [4.69, 9.17) is 0 Å². The molecule has 1 N–H and O–H groups in total. The Hall–Kier alpha value is -0.670. The average Bonchev–Trinajstić information content (AvgIpc) is 2.18. The Kier molecular flexibility index (Phi) is 4.99. The van der Waals surface area contributed by atoms with Gasteiger partial charge in [0.15, 0.2) is 0 Å². The summed E-state index contributed by atoms with van der Waals surface area (Å²) in [6.45, 7) is 4.98. The van der Waals surface area contributed by atoms with E-state index in [2.05, 4.69) is 35.1 Å². The van der Waals surface area contributed by atoms with Crippen molar-refractivity contribution < 1.29 is 4.39 Å². The van der Waals surface area contributed by atoms with Crippen molar-refractivity contribution in [2.45, 2.75) is 19.9 Å². The molecule has 0 heterocycles. The second-order valence-electron chi connectivity index (χ2n) is 3.64. The Balaban J connectivity index is 2.53. The van der Waals surface area contributed by atoms with Gasteiger partial charge in [-0.15, -0.1) is 0 Å². The molecule has 0 fully saturated rings. The summed E-state index contributed by atoms with van der Waals surface area (Å²) >= 11 is 3.12. The maximum atomic E-state index is 13.1. The largest absolute Gasteiger partial charge is 0.311 e. The molecule has 0 saturated carbocycles. The molecule has 0 aromatic heterocycles. The zero-order valence-corrected chi connectivity index (χ0v) is 10.5. The summed E-state index contributed by atoms with van der Waals surface area (Å²) in [5.41, 5.74) is 0.876. The smallest absolute Gasteiger partial charge is 0.137 e. The fourth-order valence-corrected chi connectivity index (χ4v) is 1.36. The molecule has 0 amide bonds. The van der Waals surface area contributed by atoms with Crippen molar-refractivity contribution in [2.24, 2.45) is 0 Å². The molecule has 0 aliphatic heterocycles. The van der Waals surface area contributed by atoms with E-state index in [9.17, 15) is 4.39 Å². The van der Waals surface area contributed by atoms with Gasteiger partial charge in [-0.2, -0.15) is 0 Å². The lowest BCUT2D eigenvalue weighted by Gasteiger charge is -2.03. The molecule has 0 aliphatic carbocycles. The Morgan fingerprint density at radius 3 is 2.80 bits per heavy atom. The molecular formula is C12H15BrFN. The zero-order valence-electron chi connectivity index (χ0n) is 8.93. The zero-order chi connectivity index (χ0) is 11.3. The third-order valence-corrected chi connectivity index (χ3v) is 2.54. The van der Waals surface area contributed by atoms with E-state index in [1.807, 2.05) is 18.2 Å². The standard InChI is InChI=1S/C12H15BrFN/c1-9(2)15-7-3-4-10-5-6-11(13)12(14)8-10/h3-6,8-9,15H,7H2,1-2H3/b4-3+. The highest BCUT2D eigenvalue weighted by Crippen LogP contribution is 2.16. The van der Waals surface area contributed by atoms with Gasteiger partial charge in [0.2, 0.25) is 0 Å². The fraction of sp³-hybridized carbons (Fsp3) is 0.333. The number of rotatable bonds is 4. The van der Waals surface area contributed by atoms with Gasteiger partial charge in [0.25, 0.3) is 0 Å². The van der Waals surface area contributed by atoms with Crippen LogP contribution in [0.3, 0.4) is 0 Å². The molecule has 3 heteroatoms. The number of hydrogen-bond acceptors (Lipinski definition) is 1. The highest BCUT2D eigenvalue weighted by molar-refractivity contribution is 9.10. The first-order valence-electron chi connectivity index (χ1n) is 4.94. The van der Waals surface area contributed by atoms with Gasteiger partial charge < -0.3 is 5.32 Å². The van der Waals surface area contributed by atoms with E-state index in [1.54, 1.807) is 6.07 Å². The minimum atomic E-state index is -0.228. The molecule has 0 unspecified atom stereocenters. The molecule has 1 aromatic rings. The minimum Gasteiger partial charge on any atom is -0.311 e. The van der Waals surface area contributed by atoms with E-state index in [-0.39, 0.29) is 5.82 Å². The van der Waals surface area contributed by atoms with E-state index in [1.165, 1.54) is 6.07 Å². The van der Waals surface area contributed by atoms with Gasteiger partial charge in [0, 0.05) is 12.6 Å². The average molecular weight is 272 g/mol. The summed E-state index contributed by atoms with van der Waals surface area (Å²) in [5, 5.41) is 3.25. The summed E-state index contributed by atoms with van der Waals surface area (Å²) in [6.07, 6.45) is 3.90. The van der Waals surface area contributed by atoms with Gasteiger partial charge in [-0.25, -0.2) is 4.39 Å². The van der Waals surface area contributed by atoms with Crippen LogP contribution in [0.2, 0.25) is 0 Å². The third-order valence-electron chi connectivity index (χ3n) is 1.90. The number of benzene rings is 1. The Labute approximate surface area is 98.5 Å². The molecule has 0 spiro atoms. The first-order chi connectivity index (χ1) is 7.09. The van der Waals surface area contributed by atoms with Gasteiger partial charge in [-0.1, -0.05) is 32.1 Å². The topological polar surface area (TPSA) is 12.0 Å². The van der Waals surface area contributed by atoms with Crippen molar-refractivity contribution in [3.63, 3.8) is 0 Å². The second kappa shape index (κ2) is 6.03. The number of hydrogen-bond donors (Lipinski definition) is 1. The van der Waals surface area contributed by atoms with E-state index < -0.39 is 0 Å². The lowest BCUT2D eigenvalue weighted by atomic mass is 10.2. The van der Waals surface area contributed by atoms with E-state index >= 15 is 0 Å². The molecule has 0 atom stereocenters. The van der Waals surface area contributed by atoms with E-state index in [0.29, 0.717) is 10.5 Å². The van der Waals surface area contributed by atoms with Crippen LogP contribution < -0.4 is 5.32 Å². The van der Waals surface area contributed by atoms with Gasteiger partial charge in [-0.3, -0.25) is 0 Å². The number of nitrogens with one attached hydrogen (secondary N) is 1. The number of halogens is 2. The van der Waals surface area contributed by atoms with Gasteiger partial charge in [-0.05, 0) is 33.6 Å². The van der Waals surface area contributed by atoms with Crippen LogP contribution >= 0.6 is 15.9 Å². The van der Waals surface area contributed by atoms with Gasteiger partial charge in [0.1, 0.15) is 5.82 Å². The molecule has 1 aromatic carbocycles. The molecule has 1 rings (SSSR count). The lowest BCUT2D eigenvalue weighted by Crippen LogP contribution is -2.22. The Bertz CT molecular complexity index is 347. The van der Waals surface area contributed by atoms with Crippen molar-refractivity contribution in [1.29, 1.82) is 0 Å². The highest BCUT2D eigenvalue weighted by Gasteiger charge is 1.97. The van der Waals surface area contributed by atoms with Crippen molar-refractivity contribution in [3.8, 4) is 0 Å². The van der Waals surface area contributed by atoms with Crippen LogP contribution in [0.4, 0.5) is 4.39 Å². The highest BCUT2D eigenvalue weighted by atomic mass is 79.9. The minimum absolute atomic E-state index is 0.228. The molecule has 15 heavy (non-hydrogen) atoms. The van der Waals surface area contributed by atoms with Gasteiger partial charge >= 0.3 is 0 Å². The Morgan fingerprint density at radius 1 is 1.47 bits per heavy atom. The van der Waals surface area contributed by atoms with Crippen LogP contribution in [0, 0.1) is 5.82 Å². The molecular weight excluding hydrogens is 257 g/mol. The molecule has 82 valence electrons. The molecule has 0 saturated heterocycles. The normalized spacial score (nSPS) is 11.5. The maximum Gasteiger partial charge on any atom is 0.137 e. The molecule has 0 radical (unpaired) electrons. The van der Waals surface area contributed by atoms with Crippen LogP contribution in [-0.4, -0.2) is 12.6 Å². The predicted molar refractivity (Wildman–Crippen MR) is 66.3 cm³/mol. The van der Waals surface area contributed by atoms with Crippen molar-refractivity contribution in [3.05, 3.63) is 40.1 Å². The summed E-state index contributed by atoms with van der Waals surface area (Å²) in [4.78, 5) is 0. The first kappa shape index (κ1) is 12.4. The summed E-state index contributed by atoms with van der Waals surface area (Å²) in [6, 6.07) is 5.57. The Morgan fingerprint density at radius 2 is 2.20 bits per heavy atom. The quantitative estimate of drug-likeness (QED) is 0.883. The van der Waals surface area contributed by atoms with Crippen molar-refractivity contribution in [1.82, 2.24) is 5.32 Å². The summed E-state index contributed by atoms with van der Waals surface area (Å²) in [5.74, 6) is -0.228. The first-order valence-corrected chi connectivity index (χ1v) is 5.74. The maximum absolute atomic E-state index is 13.1. The van der Waals surface area contributed by atoms with Crippen LogP contribution in [-0.2, 0) is 0 Å². The van der Waals surface area contributed by atoms with Crippen LogP contribution in [0.15, 0.2) is 28.7 Å². The molecule has 0 bridgehead atoms.